The second-order valence-electron chi connectivity index (χ2n) is 6.33. The molecule has 0 amide bonds. The summed E-state index contributed by atoms with van der Waals surface area (Å²) in [5.74, 6) is 1.64. The summed E-state index contributed by atoms with van der Waals surface area (Å²) in [6.07, 6.45) is 1.10. The molecule has 0 bridgehead atoms. The van der Waals surface area contributed by atoms with Crippen molar-refractivity contribution in [3.8, 4) is 16.9 Å². The van der Waals surface area contributed by atoms with E-state index < -0.39 is 0 Å². The van der Waals surface area contributed by atoms with Crippen LogP contribution in [0.2, 0.25) is 13.6 Å². The topological polar surface area (TPSA) is 9.23 Å². The minimum absolute atomic E-state index is 0.579. The van der Waals surface area contributed by atoms with Crippen molar-refractivity contribution in [3.05, 3.63) is 48.5 Å². The van der Waals surface area contributed by atoms with Gasteiger partial charge in [0.1, 0.15) is 5.75 Å². The highest BCUT2D eigenvalue weighted by atomic mass is 16.5. The molecule has 110 valence electrons. The minimum Gasteiger partial charge on any atom is -0.494 e. The van der Waals surface area contributed by atoms with Crippen LogP contribution in [0.4, 0.5) is 0 Å². The molecule has 2 rings (SSSR count). The lowest BCUT2D eigenvalue weighted by atomic mass is 9.49. The number of hydrogen-bond acceptors (Lipinski definition) is 1. The molecule has 0 aliphatic carbocycles. The van der Waals surface area contributed by atoms with Gasteiger partial charge in [-0.3, -0.25) is 0 Å². The van der Waals surface area contributed by atoms with Crippen molar-refractivity contribution in [1.29, 1.82) is 0 Å². The molecule has 0 atom stereocenters. The maximum Gasteiger partial charge on any atom is 0.169 e. The molecule has 21 heavy (non-hydrogen) atoms. The lowest BCUT2D eigenvalue weighted by molar-refractivity contribution is 0.289. The maximum absolute atomic E-state index is 5.76. The van der Waals surface area contributed by atoms with Gasteiger partial charge in [-0.25, -0.2) is 0 Å². The largest absolute Gasteiger partial charge is 0.494 e. The Hall–Kier alpha value is -1.70. The average molecular weight is 280 g/mol. The quantitative estimate of drug-likeness (QED) is 0.694. The molecule has 0 heterocycles. The van der Waals surface area contributed by atoms with E-state index in [0.29, 0.717) is 12.6 Å². The Kier molecular flexibility index (Phi) is 5.49. The van der Waals surface area contributed by atoms with Crippen molar-refractivity contribution < 1.29 is 4.74 Å². The summed E-state index contributed by atoms with van der Waals surface area (Å²) in [4.78, 5) is 0. The fraction of sp³-hybridized carbons (Fsp3) is 0.368. The van der Waals surface area contributed by atoms with Crippen LogP contribution in [0.5, 0.6) is 5.75 Å². The molecule has 2 aromatic rings. The second kappa shape index (κ2) is 7.35. The Morgan fingerprint density at radius 1 is 0.857 bits per heavy atom. The SMILES string of the molecule is CB(C)c1ccc(-c2ccc(OCCC(C)C)cc2)cc1. The minimum atomic E-state index is 0.579. The zero-order chi connectivity index (χ0) is 15.2. The van der Waals surface area contributed by atoms with E-state index >= 15 is 0 Å². The van der Waals surface area contributed by atoms with Crippen molar-refractivity contribution in [1.82, 2.24) is 0 Å². The maximum atomic E-state index is 5.76. The first-order valence-corrected chi connectivity index (χ1v) is 7.89. The standard InChI is InChI=1S/C19H25BO/c1-15(2)13-14-21-19-11-7-17(8-12-19)16-5-9-18(10-6-16)20(3)4/h5-12,15H,13-14H2,1-4H3. The first-order chi connectivity index (χ1) is 10.1. The lowest BCUT2D eigenvalue weighted by Gasteiger charge is -2.09. The molecule has 2 heteroatoms. The van der Waals surface area contributed by atoms with Gasteiger partial charge in [0.05, 0.1) is 6.61 Å². The summed E-state index contributed by atoms with van der Waals surface area (Å²) in [7, 11) is 0. The molecule has 0 aliphatic rings. The highest BCUT2D eigenvalue weighted by molar-refractivity contribution is 6.70. The van der Waals surface area contributed by atoms with Crippen molar-refractivity contribution in [2.24, 2.45) is 5.92 Å². The molecule has 1 nitrogen and oxygen atoms in total. The molecular formula is C19H25BO. The van der Waals surface area contributed by atoms with E-state index in [4.69, 9.17) is 4.74 Å². The van der Waals surface area contributed by atoms with Crippen LogP contribution in [0.1, 0.15) is 20.3 Å². The first-order valence-electron chi connectivity index (χ1n) is 7.89. The predicted octanol–water partition coefficient (Wildman–Crippen LogP) is 4.74. The van der Waals surface area contributed by atoms with Crippen LogP contribution in [-0.4, -0.2) is 13.3 Å². The van der Waals surface area contributed by atoms with E-state index in [-0.39, 0.29) is 0 Å². The Morgan fingerprint density at radius 3 is 1.86 bits per heavy atom. The van der Waals surface area contributed by atoms with E-state index in [2.05, 4.69) is 76.0 Å². The van der Waals surface area contributed by atoms with Gasteiger partial charge in [0.2, 0.25) is 0 Å². The zero-order valence-corrected chi connectivity index (χ0v) is 13.6. The van der Waals surface area contributed by atoms with Gasteiger partial charge in [0.15, 0.2) is 6.71 Å². The molecular weight excluding hydrogens is 255 g/mol. The van der Waals surface area contributed by atoms with Crippen molar-refractivity contribution in [3.63, 3.8) is 0 Å². The van der Waals surface area contributed by atoms with Gasteiger partial charge in [-0.1, -0.05) is 69.4 Å². The number of hydrogen-bond donors (Lipinski definition) is 0. The Balaban J connectivity index is 2.01. The average Bonchev–Trinajstić information content (AvgIpc) is 2.48. The molecule has 0 aromatic heterocycles. The van der Waals surface area contributed by atoms with Crippen LogP contribution in [0.3, 0.4) is 0 Å². The number of ether oxygens (including phenoxy) is 1. The van der Waals surface area contributed by atoms with E-state index in [1.165, 1.54) is 16.6 Å². The summed E-state index contributed by atoms with van der Waals surface area (Å²) in [6, 6.07) is 17.2. The van der Waals surface area contributed by atoms with Crippen molar-refractivity contribution in [2.75, 3.05) is 6.61 Å². The summed E-state index contributed by atoms with van der Waals surface area (Å²) >= 11 is 0. The van der Waals surface area contributed by atoms with Gasteiger partial charge in [-0.15, -0.1) is 0 Å². The van der Waals surface area contributed by atoms with Crippen LogP contribution >= 0.6 is 0 Å². The molecule has 2 aromatic carbocycles. The van der Waals surface area contributed by atoms with Gasteiger partial charge < -0.3 is 4.74 Å². The highest BCUT2D eigenvalue weighted by Crippen LogP contribution is 2.22. The molecule has 0 spiro atoms. The summed E-state index contributed by atoms with van der Waals surface area (Å²) < 4.78 is 5.76. The number of rotatable bonds is 6. The zero-order valence-electron chi connectivity index (χ0n) is 13.6. The second-order valence-corrected chi connectivity index (χ2v) is 6.33. The van der Waals surface area contributed by atoms with Gasteiger partial charge >= 0.3 is 0 Å². The molecule has 0 fully saturated rings. The first kappa shape index (κ1) is 15.7. The third-order valence-corrected chi connectivity index (χ3v) is 3.73. The van der Waals surface area contributed by atoms with Crippen LogP contribution in [0, 0.1) is 5.92 Å². The molecule has 0 N–H and O–H groups in total. The fourth-order valence-electron chi connectivity index (χ4n) is 2.22. The fourth-order valence-corrected chi connectivity index (χ4v) is 2.22. The van der Waals surface area contributed by atoms with Crippen LogP contribution in [0.25, 0.3) is 11.1 Å². The van der Waals surface area contributed by atoms with E-state index in [9.17, 15) is 0 Å². The molecule has 0 unspecified atom stereocenters. The highest BCUT2D eigenvalue weighted by Gasteiger charge is 2.04. The van der Waals surface area contributed by atoms with Crippen LogP contribution in [0.15, 0.2) is 48.5 Å². The third-order valence-electron chi connectivity index (χ3n) is 3.73. The molecule has 0 saturated carbocycles. The van der Waals surface area contributed by atoms with E-state index in [1.54, 1.807) is 0 Å². The molecule has 0 saturated heterocycles. The van der Waals surface area contributed by atoms with E-state index in [1.807, 2.05) is 0 Å². The van der Waals surface area contributed by atoms with Crippen LogP contribution < -0.4 is 10.2 Å². The van der Waals surface area contributed by atoms with Crippen molar-refractivity contribution in [2.45, 2.75) is 33.9 Å². The van der Waals surface area contributed by atoms with Gasteiger partial charge in [-0.05, 0) is 35.6 Å². The van der Waals surface area contributed by atoms with Gasteiger partial charge in [-0.2, -0.15) is 0 Å². The number of benzene rings is 2. The van der Waals surface area contributed by atoms with Crippen LogP contribution in [-0.2, 0) is 0 Å². The lowest BCUT2D eigenvalue weighted by Crippen LogP contribution is -2.21. The third kappa shape index (κ3) is 4.66. The summed E-state index contributed by atoms with van der Waals surface area (Å²) in [5, 5.41) is 0. The predicted molar refractivity (Wildman–Crippen MR) is 93.9 cm³/mol. The Bertz CT molecular complexity index is 541. The summed E-state index contributed by atoms with van der Waals surface area (Å²) in [5.41, 5.74) is 3.88. The monoisotopic (exact) mass is 280 g/mol. The molecule has 0 radical (unpaired) electrons. The van der Waals surface area contributed by atoms with Crippen molar-refractivity contribution >= 4 is 12.2 Å². The normalized spacial score (nSPS) is 10.7. The Labute approximate surface area is 129 Å². The van der Waals surface area contributed by atoms with Gasteiger partial charge in [0, 0.05) is 0 Å². The van der Waals surface area contributed by atoms with E-state index in [0.717, 1.165) is 18.8 Å². The smallest absolute Gasteiger partial charge is 0.169 e. The Morgan fingerprint density at radius 2 is 1.38 bits per heavy atom. The van der Waals surface area contributed by atoms with Gasteiger partial charge in [0.25, 0.3) is 0 Å². The summed E-state index contributed by atoms with van der Waals surface area (Å²) in [6.45, 7) is 10.2. The molecule has 0 aliphatic heterocycles.